The molecule has 3 rings (SSSR count). The standard InChI is InChI=1S/C17H14N2O2/c1-21-17(20)15-14(12-8-4-2-5-9-12)18-16(19-15)13-10-6-3-7-11-13/h2-11H,1H3,(H,18,19). The second kappa shape index (κ2) is 5.63. The highest BCUT2D eigenvalue weighted by Gasteiger charge is 2.19. The second-order valence-electron chi connectivity index (χ2n) is 4.53. The molecule has 0 aliphatic heterocycles. The molecule has 0 unspecified atom stereocenters. The van der Waals surface area contributed by atoms with E-state index in [1.807, 2.05) is 60.7 Å². The van der Waals surface area contributed by atoms with E-state index in [9.17, 15) is 4.79 Å². The molecule has 4 heteroatoms. The molecule has 0 aliphatic rings. The summed E-state index contributed by atoms with van der Waals surface area (Å²) in [7, 11) is 1.36. The number of carbonyl (C=O) groups is 1. The van der Waals surface area contributed by atoms with Crippen molar-refractivity contribution in [2.45, 2.75) is 0 Å². The minimum Gasteiger partial charge on any atom is -0.464 e. The third-order valence-corrected chi connectivity index (χ3v) is 3.19. The third kappa shape index (κ3) is 2.56. The molecule has 21 heavy (non-hydrogen) atoms. The van der Waals surface area contributed by atoms with Gasteiger partial charge in [0.05, 0.1) is 7.11 Å². The number of aromatic amines is 1. The van der Waals surface area contributed by atoms with Gasteiger partial charge in [0.15, 0.2) is 5.69 Å². The lowest BCUT2D eigenvalue weighted by Gasteiger charge is -2.00. The maximum atomic E-state index is 12.0. The van der Waals surface area contributed by atoms with Gasteiger partial charge in [0.1, 0.15) is 11.5 Å². The summed E-state index contributed by atoms with van der Waals surface area (Å²) in [5.41, 5.74) is 2.75. The molecular weight excluding hydrogens is 264 g/mol. The van der Waals surface area contributed by atoms with Crippen LogP contribution < -0.4 is 0 Å². The largest absolute Gasteiger partial charge is 0.464 e. The molecule has 1 aromatic heterocycles. The van der Waals surface area contributed by atoms with Gasteiger partial charge in [-0.25, -0.2) is 9.78 Å². The SMILES string of the molecule is COC(=O)c1[nH]c(-c2ccccc2)nc1-c1ccccc1. The number of carbonyl (C=O) groups excluding carboxylic acids is 1. The number of hydrogen-bond acceptors (Lipinski definition) is 3. The van der Waals surface area contributed by atoms with Crippen LogP contribution in [0.1, 0.15) is 10.5 Å². The Bertz CT molecular complexity index is 749. The lowest BCUT2D eigenvalue weighted by molar-refractivity contribution is 0.0595. The number of benzene rings is 2. The van der Waals surface area contributed by atoms with E-state index in [0.29, 0.717) is 17.2 Å². The van der Waals surface area contributed by atoms with Gasteiger partial charge in [0, 0.05) is 11.1 Å². The molecule has 104 valence electrons. The zero-order valence-corrected chi connectivity index (χ0v) is 11.5. The fourth-order valence-corrected chi connectivity index (χ4v) is 2.16. The minimum absolute atomic E-state index is 0.363. The summed E-state index contributed by atoms with van der Waals surface area (Å²) in [6.45, 7) is 0. The number of methoxy groups -OCH3 is 1. The highest BCUT2D eigenvalue weighted by atomic mass is 16.5. The van der Waals surface area contributed by atoms with Crippen molar-refractivity contribution >= 4 is 5.97 Å². The molecule has 1 heterocycles. The Morgan fingerprint density at radius 1 is 0.952 bits per heavy atom. The van der Waals surface area contributed by atoms with Crippen LogP contribution in [0.3, 0.4) is 0 Å². The number of nitrogens with zero attached hydrogens (tertiary/aromatic N) is 1. The van der Waals surface area contributed by atoms with E-state index in [1.165, 1.54) is 7.11 Å². The molecule has 0 spiro atoms. The van der Waals surface area contributed by atoms with E-state index in [-0.39, 0.29) is 0 Å². The van der Waals surface area contributed by atoms with Gasteiger partial charge in [-0.05, 0) is 0 Å². The van der Waals surface area contributed by atoms with Crippen molar-refractivity contribution in [2.75, 3.05) is 7.11 Å². The quantitative estimate of drug-likeness (QED) is 0.746. The predicted octanol–water partition coefficient (Wildman–Crippen LogP) is 3.53. The van der Waals surface area contributed by atoms with Crippen LogP contribution in [0.15, 0.2) is 60.7 Å². The Balaban J connectivity index is 2.14. The number of ether oxygens (including phenoxy) is 1. The van der Waals surface area contributed by atoms with Gasteiger partial charge in [0.25, 0.3) is 0 Å². The van der Waals surface area contributed by atoms with Gasteiger partial charge in [0.2, 0.25) is 0 Å². The van der Waals surface area contributed by atoms with E-state index in [4.69, 9.17) is 4.74 Å². The third-order valence-electron chi connectivity index (χ3n) is 3.19. The first-order valence-electron chi connectivity index (χ1n) is 6.59. The van der Waals surface area contributed by atoms with E-state index in [2.05, 4.69) is 9.97 Å². The molecule has 3 aromatic rings. The molecule has 0 bridgehead atoms. The number of nitrogens with one attached hydrogen (secondary N) is 1. The first-order valence-corrected chi connectivity index (χ1v) is 6.59. The van der Waals surface area contributed by atoms with Crippen LogP contribution in [-0.2, 0) is 4.74 Å². The number of H-pyrrole nitrogens is 1. The highest BCUT2D eigenvalue weighted by molar-refractivity contribution is 5.95. The van der Waals surface area contributed by atoms with Crippen LogP contribution in [0.4, 0.5) is 0 Å². The van der Waals surface area contributed by atoms with Crippen molar-refractivity contribution in [3.8, 4) is 22.6 Å². The van der Waals surface area contributed by atoms with E-state index in [0.717, 1.165) is 11.1 Å². The number of aromatic nitrogens is 2. The van der Waals surface area contributed by atoms with Crippen LogP contribution in [0, 0.1) is 0 Å². The molecule has 0 atom stereocenters. The topological polar surface area (TPSA) is 55.0 Å². The fourth-order valence-electron chi connectivity index (χ4n) is 2.16. The van der Waals surface area contributed by atoms with Crippen molar-refractivity contribution < 1.29 is 9.53 Å². The molecule has 0 fully saturated rings. The molecule has 0 saturated carbocycles. The van der Waals surface area contributed by atoms with Gasteiger partial charge in [-0.2, -0.15) is 0 Å². The molecule has 0 amide bonds. The zero-order chi connectivity index (χ0) is 14.7. The normalized spacial score (nSPS) is 10.3. The van der Waals surface area contributed by atoms with Crippen LogP contribution in [-0.4, -0.2) is 23.0 Å². The van der Waals surface area contributed by atoms with Gasteiger partial charge < -0.3 is 9.72 Å². The first kappa shape index (κ1) is 13.1. The maximum absolute atomic E-state index is 12.0. The Morgan fingerprint density at radius 3 is 2.10 bits per heavy atom. The van der Waals surface area contributed by atoms with E-state index < -0.39 is 5.97 Å². The van der Waals surface area contributed by atoms with Crippen molar-refractivity contribution in [3.05, 3.63) is 66.4 Å². The second-order valence-corrected chi connectivity index (χ2v) is 4.53. The monoisotopic (exact) mass is 278 g/mol. The van der Waals surface area contributed by atoms with Gasteiger partial charge in [-0.3, -0.25) is 0 Å². The summed E-state index contributed by atoms with van der Waals surface area (Å²) >= 11 is 0. The lowest BCUT2D eigenvalue weighted by atomic mass is 10.1. The van der Waals surface area contributed by atoms with Gasteiger partial charge in [-0.15, -0.1) is 0 Å². The Morgan fingerprint density at radius 2 is 1.52 bits per heavy atom. The van der Waals surface area contributed by atoms with Gasteiger partial charge in [-0.1, -0.05) is 60.7 Å². The number of hydrogen-bond donors (Lipinski definition) is 1. The molecule has 0 aliphatic carbocycles. The van der Waals surface area contributed by atoms with Crippen molar-refractivity contribution in [2.24, 2.45) is 0 Å². The fraction of sp³-hybridized carbons (Fsp3) is 0.0588. The van der Waals surface area contributed by atoms with Crippen molar-refractivity contribution in [1.29, 1.82) is 0 Å². The van der Waals surface area contributed by atoms with Gasteiger partial charge >= 0.3 is 5.97 Å². The van der Waals surface area contributed by atoms with Crippen molar-refractivity contribution in [3.63, 3.8) is 0 Å². The highest BCUT2D eigenvalue weighted by Crippen LogP contribution is 2.26. The Labute approximate surface area is 122 Å². The average molecular weight is 278 g/mol. The van der Waals surface area contributed by atoms with Crippen LogP contribution in [0.5, 0.6) is 0 Å². The average Bonchev–Trinajstić information content (AvgIpc) is 3.01. The van der Waals surface area contributed by atoms with Crippen LogP contribution >= 0.6 is 0 Å². The van der Waals surface area contributed by atoms with Crippen LogP contribution in [0.2, 0.25) is 0 Å². The summed E-state index contributed by atoms with van der Waals surface area (Å²) in [5.74, 6) is 0.221. The summed E-state index contributed by atoms with van der Waals surface area (Å²) in [6.07, 6.45) is 0. The number of rotatable bonds is 3. The predicted molar refractivity (Wildman–Crippen MR) is 80.8 cm³/mol. The molecule has 4 nitrogen and oxygen atoms in total. The molecule has 1 N–H and O–H groups in total. The summed E-state index contributed by atoms with van der Waals surface area (Å²) in [4.78, 5) is 19.6. The van der Waals surface area contributed by atoms with Crippen molar-refractivity contribution in [1.82, 2.24) is 9.97 Å². The Kier molecular flexibility index (Phi) is 3.51. The van der Waals surface area contributed by atoms with E-state index in [1.54, 1.807) is 0 Å². The number of esters is 1. The maximum Gasteiger partial charge on any atom is 0.356 e. The van der Waals surface area contributed by atoms with Crippen LogP contribution in [0.25, 0.3) is 22.6 Å². The summed E-state index contributed by atoms with van der Waals surface area (Å²) in [5, 5.41) is 0. The molecular formula is C17H14N2O2. The summed E-state index contributed by atoms with van der Waals surface area (Å²) in [6, 6.07) is 19.2. The smallest absolute Gasteiger partial charge is 0.356 e. The lowest BCUT2D eigenvalue weighted by Crippen LogP contribution is -2.03. The Hall–Kier alpha value is -2.88. The molecule has 0 radical (unpaired) electrons. The number of imidazole rings is 1. The molecule has 0 saturated heterocycles. The first-order chi connectivity index (χ1) is 10.3. The zero-order valence-electron chi connectivity index (χ0n) is 11.5. The molecule has 2 aromatic carbocycles. The summed E-state index contributed by atoms with van der Waals surface area (Å²) < 4.78 is 4.84. The minimum atomic E-state index is -0.427. The van der Waals surface area contributed by atoms with E-state index >= 15 is 0 Å².